The minimum Gasteiger partial charge on any atom is -0.456 e. The van der Waals surface area contributed by atoms with Crippen LogP contribution < -0.4 is 9.62 Å². The highest BCUT2D eigenvalue weighted by atomic mass is 32.2. The molecule has 0 saturated carbocycles. The van der Waals surface area contributed by atoms with Crippen LogP contribution >= 0.6 is 11.3 Å². The number of sulfonamides is 1. The fourth-order valence-corrected chi connectivity index (χ4v) is 5.02. The number of fused-ring (bicyclic) bond motifs is 1. The summed E-state index contributed by atoms with van der Waals surface area (Å²) in [7, 11) is -3.78. The number of carbonyl (C=O) groups excluding carboxylic acids is 1. The van der Waals surface area contributed by atoms with Gasteiger partial charge in [-0.05, 0) is 62.6 Å². The smallest absolute Gasteiger partial charge is 0.293 e. The summed E-state index contributed by atoms with van der Waals surface area (Å²) in [5.41, 5.74) is 1.51. The third-order valence-electron chi connectivity index (χ3n) is 4.42. The van der Waals surface area contributed by atoms with E-state index < -0.39 is 10.0 Å². The zero-order valence-corrected chi connectivity index (χ0v) is 16.9. The predicted octanol–water partition coefficient (Wildman–Crippen LogP) is 3.14. The third kappa shape index (κ3) is 3.52. The largest absolute Gasteiger partial charge is 0.456 e. The molecule has 1 aliphatic rings. The summed E-state index contributed by atoms with van der Waals surface area (Å²) in [4.78, 5) is 14.5. The van der Waals surface area contributed by atoms with Gasteiger partial charge in [0.2, 0.25) is 5.13 Å². The second-order valence-corrected chi connectivity index (χ2v) is 9.36. The average Bonchev–Trinajstić information content (AvgIpc) is 3.28. The molecule has 1 N–H and O–H groups in total. The number of amides is 1. The molecular formula is C18H18N4O4S2. The van der Waals surface area contributed by atoms with E-state index in [1.807, 2.05) is 0 Å². The van der Waals surface area contributed by atoms with E-state index >= 15 is 0 Å². The van der Waals surface area contributed by atoms with Crippen molar-refractivity contribution in [3.05, 3.63) is 52.4 Å². The number of carbonyl (C=O) groups is 1. The SMILES string of the molecule is Cc1ccc(C(=O)N2CCCc3cc(S(=O)(=O)Nc4nnc(C)s4)ccc32)o1. The van der Waals surface area contributed by atoms with E-state index in [2.05, 4.69) is 14.9 Å². The molecule has 1 aliphatic heterocycles. The molecule has 10 heteroatoms. The summed E-state index contributed by atoms with van der Waals surface area (Å²) in [6, 6.07) is 8.17. The molecule has 0 bridgehead atoms. The third-order valence-corrected chi connectivity index (χ3v) is 6.64. The molecule has 4 rings (SSSR count). The fraction of sp³-hybridized carbons (Fsp3) is 0.278. The van der Waals surface area contributed by atoms with Gasteiger partial charge in [0.1, 0.15) is 10.8 Å². The molecule has 0 aliphatic carbocycles. The second kappa shape index (κ2) is 7.02. The summed E-state index contributed by atoms with van der Waals surface area (Å²) in [6.07, 6.45) is 1.43. The highest BCUT2D eigenvalue weighted by Gasteiger charge is 2.27. The predicted molar refractivity (Wildman–Crippen MR) is 105 cm³/mol. The van der Waals surface area contributed by atoms with E-state index in [0.29, 0.717) is 29.4 Å². The van der Waals surface area contributed by atoms with Crippen LogP contribution in [0, 0.1) is 13.8 Å². The lowest BCUT2D eigenvalue weighted by Crippen LogP contribution is -2.35. The lowest BCUT2D eigenvalue weighted by molar-refractivity contribution is 0.0957. The lowest BCUT2D eigenvalue weighted by atomic mass is 10.0. The maximum atomic E-state index is 12.8. The van der Waals surface area contributed by atoms with Crippen LogP contribution in [0.15, 0.2) is 39.6 Å². The molecule has 0 radical (unpaired) electrons. The van der Waals surface area contributed by atoms with Crippen LogP contribution in [0.2, 0.25) is 0 Å². The van der Waals surface area contributed by atoms with Crippen molar-refractivity contribution < 1.29 is 17.6 Å². The Morgan fingerprint density at radius 3 is 2.71 bits per heavy atom. The molecule has 1 aromatic carbocycles. The Hall–Kier alpha value is -2.72. The van der Waals surface area contributed by atoms with Crippen molar-refractivity contribution in [1.82, 2.24) is 10.2 Å². The van der Waals surface area contributed by atoms with Crippen molar-refractivity contribution in [3.8, 4) is 0 Å². The number of rotatable bonds is 4. The van der Waals surface area contributed by atoms with Gasteiger partial charge < -0.3 is 9.32 Å². The standard InChI is InChI=1S/C18H18N4O4S2/c1-11-5-8-16(26-11)17(23)22-9-3-4-13-10-14(6-7-15(13)22)28(24,25)21-18-20-19-12(2)27-18/h5-8,10H,3-4,9H2,1-2H3,(H,20,21). The van der Waals surface area contributed by atoms with E-state index in [9.17, 15) is 13.2 Å². The summed E-state index contributed by atoms with van der Waals surface area (Å²) in [6.45, 7) is 4.09. The van der Waals surface area contributed by atoms with Gasteiger partial charge in [-0.25, -0.2) is 8.42 Å². The molecule has 0 atom stereocenters. The van der Waals surface area contributed by atoms with E-state index in [-0.39, 0.29) is 21.7 Å². The van der Waals surface area contributed by atoms with Gasteiger partial charge in [0.05, 0.1) is 4.90 Å². The molecule has 0 fully saturated rings. The van der Waals surface area contributed by atoms with Crippen LogP contribution in [0.4, 0.5) is 10.8 Å². The number of furan rings is 1. The molecule has 3 aromatic rings. The number of nitrogens with one attached hydrogen (secondary N) is 1. The highest BCUT2D eigenvalue weighted by molar-refractivity contribution is 7.93. The average molecular weight is 419 g/mol. The number of aryl methyl sites for hydroxylation is 3. The van der Waals surface area contributed by atoms with Gasteiger partial charge in [0, 0.05) is 12.2 Å². The summed E-state index contributed by atoms with van der Waals surface area (Å²) in [5, 5.41) is 8.51. The molecule has 146 valence electrons. The van der Waals surface area contributed by atoms with Crippen molar-refractivity contribution in [3.63, 3.8) is 0 Å². The van der Waals surface area contributed by atoms with Gasteiger partial charge in [-0.1, -0.05) is 11.3 Å². The summed E-state index contributed by atoms with van der Waals surface area (Å²) >= 11 is 1.17. The molecule has 1 amide bonds. The van der Waals surface area contributed by atoms with Gasteiger partial charge in [-0.3, -0.25) is 9.52 Å². The van der Waals surface area contributed by atoms with Crippen molar-refractivity contribution in [1.29, 1.82) is 0 Å². The molecule has 28 heavy (non-hydrogen) atoms. The van der Waals surface area contributed by atoms with Gasteiger partial charge in [-0.15, -0.1) is 10.2 Å². The lowest BCUT2D eigenvalue weighted by Gasteiger charge is -2.29. The molecular weight excluding hydrogens is 400 g/mol. The topological polar surface area (TPSA) is 105 Å². The van der Waals surface area contributed by atoms with Gasteiger partial charge in [0.15, 0.2) is 5.76 Å². The maximum absolute atomic E-state index is 12.8. The molecule has 2 aromatic heterocycles. The van der Waals surface area contributed by atoms with Crippen molar-refractivity contribution >= 4 is 38.1 Å². The number of nitrogens with zero attached hydrogens (tertiary/aromatic N) is 3. The number of anilines is 2. The van der Waals surface area contributed by atoms with Gasteiger partial charge in [-0.2, -0.15) is 0 Å². The van der Waals surface area contributed by atoms with Gasteiger partial charge >= 0.3 is 0 Å². The monoisotopic (exact) mass is 418 g/mol. The molecule has 0 saturated heterocycles. The first-order valence-corrected chi connectivity index (χ1v) is 11.0. The van der Waals surface area contributed by atoms with E-state index in [1.54, 1.807) is 43.0 Å². The van der Waals surface area contributed by atoms with E-state index in [4.69, 9.17) is 4.42 Å². The molecule has 3 heterocycles. The van der Waals surface area contributed by atoms with Gasteiger partial charge in [0.25, 0.3) is 15.9 Å². The maximum Gasteiger partial charge on any atom is 0.293 e. The Kier molecular flexibility index (Phi) is 4.68. The second-order valence-electron chi connectivity index (χ2n) is 6.49. The minimum atomic E-state index is -3.78. The van der Waals surface area contributed by atoms with E-state index in [1.165, 1.54) is 17.4 Å². The highest BCUT2D eigenvalue weighted by Crippen LogP contribution is 2.31. The number of benzene rings is 1. The molecule has 0 unspecified atom stereocenters. The minimum absolute atomic E-state index is 0.127. The van der Waals surface area contributed by atoms with Crippen molar-refractivity contribution in [2.24, 2.45) is 0 Å². The Morgan fingerprint density at radius 1 is 1.21 bits per heavy atom. The van der Waals surface area contributed by atoms with Crippen LogP contribution in [0.25, 0.3) is 0 Å². The first-order chi connectivity index (χ1) is 13.3. The Morgan fingerprint density at radius 2 is 2.04 bits per heavy atom. The van der Waals surface area contributed by atoms with Crippen LogP contribution in [-0.2, 0) is 16.4 Å². The van der Waals surface area contributed by atoms with Crippen molar-refractivity contribution in [2.75, 3.05) is 16.2 Å². The van der Waals surface area contributed by atoms with Crippen LogP contribution in [-0.4, -0.2) is 31.1 Å². The Bertz CT molecular complexity index is 1150. The molecule has 0 spiro atoms. The van der Waals surface area contributed by atoms with Crippen LogP contribution in [0.5, 0.6) is 0 Å². The first kappa shape index (κ1) is 18.6. The van der Waals surface area contributed by atoms with Crippen LogP contribution in [0.3, 0.4) is 0 Å². The number of hydrogen-bond donors (Lipinski definition) is 1. The van der Waals surface area contributed by atoms with E-state index in [0.717, 1.165) is 12.0 Å². The Balaban J connectivity index is 1.63. The number of hydrogen-bond acceptors (Lipinski definition) is 7. The summed E-state index contributed by atoms with van der Waals surface area (Å²) < 4.78 is 33.2. The van der Waals surface area contributed by atoms with Crippen molar-refractivity contribution in [2.45, 2.75) is 31.6 Å². The number of aromatic nitrogens is 2. The first-order valence-electron chi connectivity index (χ1n) is 8.68. The fourth-order valence-electron chi connectivity index (χ4n) is 3.15. The van der Waals surface area contributed by atoms with Crippen LogP contribution in [0.1, 0.15) is 33.3 Å². The summed E-state index contributed by atoms with van der Waals surface area (Å²) in [5.74, 6) is 0.711. The zero-order valence-electron chi connectivity index (χ0n) is 15.3. The normalized spacial score (nSPS) is 14.0. The Labute approximate surface area is 166 Å². The quantitative estimate of drug-likeness (QED) is 0.698. The zero-order chi connectivity index (χ0) is 19.9. The molecule has 8 nitrogen and oxygen atoms in total.